The number of nitrogens with one attached hydrogen (secondary N) is 1. The van der Waals surface area contributed by atoms with Crippen molar-refractivity contribution in [2.24, 2.45) is 0 Å². The summed E-state index contributed by atoms with van der Waals surface area (Å²) in [6.45, 7) is 0.605. The second kappa shape index (κ2) is 6.74. The highest BCUT2D eigenvalue weighted by Crippen LogP contribution is 2.14. The molecule has 0 radical (unpaired) electrons. The van der Waals surface area contributed by atoms with Crippen LogP contribution in [0.2, 0.25) is 0 Å². The molecule has 1 amide bonds. The molecule has 0 aliphatic heterocycles. The van der Waals surface area contributed by atoms with E-state index in [-0.39, 0.29) is 11.6 Å². The molecule has 1 heterocycles. The maximum atomic E-state index is 12.1. The lowest BCUT2D eigenvalue weighted by atomic mass is 10.2. The summed E-state index contributed by atoms with van der Waals surface area (Å²) in [4.78, 5) is 22.3. The predicted molar refractivity (Wildman–Crippen MR) is 88.8 cm³/mol. The molecule has 24 heavy (non-hydrogen) atoms. The van der Waals surface area contributed by atoms with E-state index in [0.29, 0.717) is 17.8 Å². The van der Waals surface area contributed by atoms with Gasteiger partial charge in [-0.05, 0) is 17.7 Å². The largest absolute Gasteiger partial charge is 0.319 e. The molecule has 120 valence electrons. The minimum Gasteiger partial charge on any atom is -0.319 e. The van der Waals surface area contributed by atoms with E-state index in [1.807, 2.05) is 30.3 Å². The summed E-state index contributed by atoms with van der Waals surface area (Å²) in [5.74, 6) is -0.343. The molecular weight excluding hydrogens is 308 g/mol. The third kappa shape index (κ3) is 3.64. The molecule has 0 spiro atoms. The highest BCUT2D eigenvalue weighted by molar-refractivity contribution is 6.04. The second-order valence-corrected chi connectivity index (χ2v) is 5.17. The fourth-order valence-electron chi connectivity index (χ4n) is 2.22. The standard InChI is InChI=1S/C17H14N4O3/c22-17(14-6-8-16(9-7-14)21(23)24)19-15-10-18-20(12-15)11-13-4-2-1-3-5-13/h1-10,12H,11H2,(H,19,22). The third-order valence-electron chi connectivity index (χ3n) is 3.42. The molecule has 0 atom stereocenters. The maximum Gasteiger partial charge on any atom is 0.269 e. The van der Waals surface area contributed by atoms with E-state index in [2.05, 4.69) is 10.4 Å². The summed E-state index contributed by atoms with van der Waals surface area (Å²) in [6, 6.07) is 15.3. The second-order valence-electron chi connectivity index (χ2n) is 5.17. The van der Waals surface area contributed by atoms with E-state index in [4.69, 9.17) is 0 Å². The highest BCUT2D eigenvalue weighted by Gasteiger charge is 2.10. The van der Waals surface area contributed by atoms with Gasteiger partial charge >= 0.3 is 0 Å². The molecule has 1 aromatic heterocycles. The van der Waals surface area contributed by atoms with Gasteiger partial charge in [0.15, 0.2) is 0 Å². The van der Waals surface area contributed by atoms with Crippen LogP contribution in [0.1, 0.15) is 15.9 Å². The Balaban J connectivity index is 1.65. The van der Waals surface area contributed by atoms with Crippen LogP contribution in [0.3, 0.4) is 0 Å². The van der Waals surface area contributed by atoms with Crippen LogP contribution < -0.4 is 5.32 Å². The zero-order valence-electron chi connectivity index (χ0n) is 12.6. The molecule has 0 bridgehead atoms. The molecule has 3 rings (SSSR count). The van der Waals surface area contributed by atoms with Crippen molar-refractivity contribution >= 4 is 17.3 Å². The number of nitro benzene ring substituents is 1. The third-order valence-corrected chi connectivity index (χ3v) is 3.42. The minimum absolute atomic E-state index is 0.0535. The lowest BCUT2D eigenvalue weighted by Gasteiger charge is -2.03. The van der Waals surface area contributed by atoms with Gasteiger partial charge in [0, 0.05) is 23.9 Å². The van der Waals surface area contributed by atoms with Gasteiger partial charge in [0.05, 0.1) is 23.4 Å². The Morgan fingerprint density at radius 2 is 1.83 bits per heavy atom. The Kier molecular flexibility index (Phi) is 4.33. The average Bonchev–Trinajstić information content (AvgIpc) is 3.02. The normalized spacial score (nSPS) is 10.3. The maximum absolute atomic E-state index is 12.1. The summed E-state index contributed by atoms with van der Waals surface area (Å²) in [5, 5.41) is 17.5. The average molecular weight is 322 g/mol. The van der Waals surface area contributed by atoms with Gasteiger partial charge in [-0.2, -0.15) is 5.10 Å². The van der Waals surface area contributed by atoms with Gasteiger partial charge in [-0.3, -0.25) is 19.6 Å². The fraction of sp³-hybridized carbons (Fsp3) is 0.0588. The number of anilines is 1. The highest BCUT2D eigenvalue weighted by atomic mass is 16.6. The van der Waals surface area contributed by atoms with E-state index in [1.165, 1.54) is 24.3 Å². The summed E-state index contributed by atoms with van der Waals surface area (Å²) in [7, 11) is 0. The summed E-state index contributed by atoms with van der Waals surface area (Å²) < 4.78 is 1.72. The Bertz CT molecular complexity index is 857. The van der Waals surface area contributed by atoms with Crippen molar-refractivity contribution in [3.8, 4) is 0 Å². The topological polar surface area (TPSA) is 90.1 Å². The van der Waals surface area contributed by atoms with Crippen molar-refractivity contribution in [3.05, 3.63) is 88.2 Å². The molecule has 0 aliphatic carbocycles. The zero-order chi connectivity index (χ0) is 16.9. The SMILES string of the molecule is O=C(Nc1cnn(Cc2ccccc2)c1)c1ccc([N+](=O)[O-])cc1. The number of non-ortho nitro benzene ring substituents is 1. The van der Waals surface area contributed by atoms with E-state index in [1.54, 1.807) is 17.1 Å². The Labute approximate surface area is 137 Å². The fourth-order valence-corrected chi connectivity index (χ4v) is 2.22. The van der Waals surface area contributed by atoms with Gasteiger partial charge in [0.2, 0.25) is 0 Å². The summed E-state index contributed by atoms with van der Waals surface area (Å²) in [5.41, 5.74) is 1.96. The van der Waals surface area contributed by atoms with Gasteiger partial charge < -0.3 is 5.32 Å². The van der Waals surface area contributed by atoms with Crippen LogP contribution in [0, 0.1) is 10.1 Å². The number of amides is 1. The van der Waals surface area contributed by atoms with E-state index < -0.39 is 4.92 Å². The summed E-state index contributed by atoms with van der Waals surface area (Å²) >= 11 is 0. The number of aromatic nitrogens is 2. The van der Waals surface area contributed by atoms with Crippen molar-refractivity contribution in [3.63, 3.8) is 0 Å². The molecule has 0 saturated heterocycles. The van der Waals surface area contributed by atoms with Crippen molar-refractivity contribution in [1.29, 1.82) is 0 Å². The Hall–Kier alpha value is -3.48. The quantitative estimate of drug-likeness (QED) is 0.577. The first-order valence-corrected chi connectivity index (χ1v) is 7.24. The smallest absolute Gasteiger partial charge is 0.269 e. The number of rotatable bonds is 5. The summed E-state index contributed by atoms with van der Waals surface area (Å²) in [6.07, 6.45) is 3.29. The van der Waals surface area contributed by atoms with E-state index in [0.717, 1.165) is 5.56 Å². The molecular formula is C17H14N4O3. The van der Waals surface area contributed by atoms with Gasteiger partial charge in [-0.15, -0.1) is 0 Å². The minimum atomic E-state index is -0.505. The van der Waals surface area contributed by atoms with Crippen LogP contribution in [0.4, 0.5) is 11.4 Å². The predicted octanol–water partition coefficient (Wildman–Crippen LogP) is 3.09. The van der Waals surface area contributed by atoms with Gasteiger partial charge in [-0.25, -0.2) is 0 Å². The number of carbonyl (C=O) groups is 1. The number of nitrogens with zero attached hydrogens (tertiary/aromatic N) is 3. The van der Waals surface area contributed by atoms with Crippen LogP contribution in [-0.2, 0) is 6.54 Å². The molecule has 7 heteroatoms. The monoisotopic (exact) mass is 322 g/mol. The van der Waals surface area contributed by atoms with Gasteiger partial charge in [0.1, 0.15) is 0 Å². The van der Waals surface area contributed by atoms with Crippen molar-refractivity contribution in [2.75, 3.05) is 5.32 Å². The number of carbonyl (C=O) groups excluding carboxylic acids is 1. The van der Waals surface area contributed by atoms with Gasteiger partial charge in [0.25, 0.3) is 11.6 Å². The Morgan fingerprint density at radius 3 is 2.50 bits per heavy atom. The van der Waals surface area contributed by atoms with E-state index >= 15 is 0 Å². The molecule has 7 nitrogen and oxygen atoms in total. The Morgan fingerprint density at radius 1 is 1.12 bits per heavy atom. The van der Waals surface area contributed by atoms with E-state index in [9.17, 15) is 14.9 Å². The molecule has 3 aromatic rings. The first-order valence-electron chi connectivity index (χ1n) is 7.24. The lowest BCUT2D eigenvalue weighted by Crippen LogP contribution is -2.11. The number of nitro groups is 1. The van der Waals surface area contributed by atoms with Crippen LogP contribution >= 0.6 is 0 Å². The van der Waals surface area contributed by atoms with Crippen LogP contribution in [0.15, 0.2) is 67.0 Å². The number of hydrogen-bond acceptors (Lipinski definition) is 4. The van der Waals surface area contributed by atoms with Crippen LogP contribution in [0.5, 0.6) is 0 Å². The first kappa shape index (κ1) is 15.4. The first-order chi connectivity index (χ1) is 11.6. The van der Waals surface area contributed by atoms with Crippen molar-refractivity contribution < 1.29 is 9.72 Å². The van der Waals surface area contributed by atoms with Crippen molar-refractivity contribution in [1.82, 2.24) is 9.78 Å². The van der Waals surface area contributed by atoms with Crippen LogP contribution in [0.25, 0.3) is 0 Å². The molecule has 0 unspecified atom stereocenters. The van der Waals surface area contributed by atoms with Gasteiger partial charge in [-0.1, -0.05) is 30.3 Å². The van der Waals surface area contributed by atoms with Crippen LogP contribution in [-0.4, -0.2) is 20.6 Å². The zero-order valence-corrected chi connectivity index (χ0v) is 12.6. The lowest BCUT2D eigenvalue weighted by molar-refractivity contribution is -0.384. The molecule has 0 saturated carbocycles. The molecule has 0 fully saturated rings. The molecule has 1 N–H and O–H groups in total. The number of hydrogen-bond donors (Lipinski definition) is 1. The molecule has 0 aliphatic rings. The molecule has 2 aromatic carbocycles. The van der Waals surface area contributed by atoms with Crippen molar-refractivity contribution in [2.45, 2.75) is 6.54 Å². The number of benzene rings is 2.